The molecule has 2 heterocycles. The molecule has 0 atom stereocenters. The van der Waals surface area contributed by atoms with Crippen molar-refractivity contribution in [2.75, 3.05) is 49.7 Å². The van der Waals surface area contributed by atoms with Crippen molar-refractivity contribution >= 4 is 22.7 Å². The van der Waals surface area contributed by atoms with Crippen LogP contribution in [-0.2, 0) is 4.74 Å². The van der Waals surface area contributed by atoms with E-state index in [-0.39, 0.29) is 12.0 Å². The van der Waals surface area contributed by atoms with E-state index in [0.717, 1.165) is 61.9 Å². The van der Waals surface area contributed by atoms with Crippen molar-refractivity contribution in [2.45, 2.75) is 19.3 Å². The zero-order valence-corrected chi connectivity index (χ0v) is 13.9. The molecule has 0 unspecified atom stereocenters. The van der Waals surface area contributed by atoms with Gasteiger partial charge in [-0.25, -0.2) is 9.97 Å². The molecule has 6 nitrogen and oxygen atoms in total. The highest BCUT2D eigenvalue weighted by molar-refractivity contribution is 5.80. The largest absolute Gasteiger partial charge is 0.396 e. The van der Waals surface area contributed by atoms with Crippen LogP contribution in [0.5, 0.6) is 0 Å². The van der Waals surface area contributed by atoms with E-state index in [1.54, 1.807) is 0 Å². The van der Waals surface area contributed by atoms with E-state index in [1.165, 1.54) is 12.8 Å². The topological polar surface area (TPSA) is 70.5 Å². The molecule has 4 rings (SSSR count). The molecule has 1 aromatic heterocycles. The second-order valence-electron chi connectivity index (χ2n) is 6.81. The van der Waals surface area contributed by atoms with Crippen LogP contribution in [0.1, 0.15) is 19.3 Å². The van der Waals surface area contributed by atoms with Crippen LogP contribution in [0.2, 0.25) is 0 Å². The molecule has 0 spiro atoms. The average Bonchev–Trinajstić information content (AvgIpc) is 3.40. The molecule has 0 amide bonds. The molecule has 2 aromatic rings. The van der Waals surface area contributed by atoms with Crippen LogP contribution < -0.4 is 10.2 Å². The van der Waals surface area contributed by atoms with Gasteiger partial charge in [0, 0.05) is 26.2 Å². The molecule has 0 bridgehead atoms. The number of para-hydroxylation sites is 2. The number of aliphatic hydroxyl groups is 1. The summed E-state index contributed by atoms with van der Waals surface area (Å²) in [5, 5.41) is 12.8. The Labute approximate surface area is 141 Å². The fourth-order valence-corrected chi connectivity index (χ4v) is 3.31. The molecule has 0 radical (unpaired) electrons. The van der Waals surface area contributed by atoms with Crippen molar-refractivity contribution in [1.82, 2.24) is 9.97 Å². The van der Waals surface area contributed by atoms with Gasteiger partial charge in [-0.2, -0.15) is 0 Å². The Balaban J connectivity index is 1.63. The number of rotatable bonds is 6. The van der Waals surface area contributed by atoms with Gasteiger partial charge < -0.3 is 20.1 Å². The Morgan fingerprint density at radius 1 is 1.12 bits per heavy atom. The number of fused-ring (bicyclic) bond motifs is 1. The van der Waals surface area contributed by atoms with E-state index in [1.807, 2.05) is 24.3 Å². The minimum Gasteiger partial charge on any atom is -0.396 e. The van der Waals surface area contributed by atoms with Gasteiger partial charge in [0.2, 0.25) is 0 Å². The molecule has 128 valence electrons. The summed E-state index contributed by atoms with van der Waals surface area (Å²) in [6.45, 7) is 4.22. The van der Waals surface area contributed by atoms with Gasteiger partial charge in [0.05, 0.1) is 24.2 Å². The second-order valence-corrected chi connectivity index (χ2v) is 6.81. The summed E-state index contributed by atoms with van der Waals surface area (Å²) >= 11 is 0. The molecule has 1 aliphatic carbocycles. The van der Waals surface area contributed by atoms with Gasteiger partial charge in [0.25, 0.3) is 0 Å². The lowest BCUT2D eigenvalue weighted by Crippen LogP contribution is -2.37. The number of hydrogen-bond acceptors (Lipinski definition) is 6. The number of nitrogens with zero attached hydrogens (tertiary/aromatic N) is 3. The number of aromatic nitrogens is 2. The van der Waals surface area contributed by atoms with Crippen molar-refractivity contribution < 1.29 is 9.84 Å². The highest BCUT2D eigenvalue weighted by Gasteiger charge is 2.41. The third-order valence-corrected chi connectivity index (χ3v) is 5.09. The maximum absolute atomic E-state index is 9.26. The number of anilines is 2. The summed E-state index contributed by atoms with van der Waals surface area (Å²) in [4.78, 5) is 11.9. The Bertz CT molecular complexity index is 711. The first kappa shape index (κ1) is 15.6. The van der Waals surface area contributed by atoms with Crippen LogP contribution in [0, 0.1) is 5.41 Å². The summed E-state index contributed by atoms with van der Waals surface area (Å²) in [6, 6.07) is 7.98. The number of morpholine rings is 1. The molecule has 2 aliphatic rings. The summed E-state index contributed by atoms with van der Waals surface area (Å²) in [5.74, 6) is 1.76. The maximum Gasteiger partial charge on any atom is 0.172 e. The predicted octanol–water partition coefficient (Wildman–Crippen LogP) is 2.04. The molecule has 1 aromatic carbocycles. The summed E-state index contributed by atoms with van der Waals surface area (Å²) < 4.78 is 5.47. The number of aliphatic hydroxyl groups excluding tert-OH is 1. The van der Waals surface area contributed by atoms with Gasteiger partial charge in [-0.1, -0.05) is 12.1 Å². The van der Waals surface area contributed by atoms with E-state index < -0.39 is 0 Å². The molecule has 2 N–H and O–H groups in total. The van der Waals surface area contributed by atoms with Crippen LogP contribution >= 0.6 is 0 Å². The molecule has 2 fully saturated rings. The Kier molecular flexibility index (Phi) is 4.24. The average molecular weight is 328 g/mol. The van der Waals surface area contributed by atoms with Crippen LogP contribution in [0.15, 0.2) is 24.3 Å². The van der Waals surface area contributed by atoms with E-state index >= 15 is 0 Å². The third kappa shape index (κ3) is 3.16. The molecule has 1 saturated heterocycles. The quantitative estimate of drug-likeness (QED) is 0.846. The van der Waals surface area contributed by atoms with E-state index in [9.17, 15) is 5.11 Å². The number of ether oxygens (including phenoxy) is 1. The number of nitrogens with one attached hydrogen (secondary N) is 1. The second kappa shape index (κ2) is 6.53. The fraction of sp³-hybridized carbons (Fsp3) is 0.556. The van der Waals surface area contributed by atoms with Crippen molar-refractivity contribution in [3.8, 4) is 0 Å². The molecule has 6 heteroatoms. The monoisotopic (exact) mass is 328 g/mol. The lowest BCUT2D eigenvalue weighted by atomic mass is 10.0. The van der Waals surface area contributed by atoms with Crippen LogP contribution in [0.3, 0.4) is 0 Å². The maximum atomic E-state index is 9.26. The zero-order chi connectivity index (χ0) is 16.4. The molecular weight excluding hydrogens is 304 g/mol. The molecule has 1 aliphatic heterocycles. The SMILES string of the molecule is OCCC1(CNc2nc3ccccc3nc2N2CCOCC2)CC1. The van der Waals surface area contributed by atoms with Gasteiger partial charge in [0.1, 0.15) is 0 Å². The number of hydrogen-bond donors (Lipinski definition) is 2. The molecule has 1 saturated carbocycles. The van der Waals surface area contributed by atoms with Crippen molar-refractivity contribution in [3.05, 3.63) is 24.3 Å². The minimum atomic E-state index is 0.240. The van der Waals surface area contributed by atoms with Crippen LogP contribution in [0.4, 0.5) is 11.6 Å². The van der Waals surface area contributed by atoms with Crippen LogP contribution in [-0.4, -0.2) is 54.5 Å². The third-order valence-electron chi connectivity index (χ3n) is 5.09. The summed E-state index contributed by atoms with van der Waals surface area (Å²) in [6.07, 6.45) is 3.21. The van der Waals surface area contributed by atoms with Crippen molar-refractivity contribution in [3.63, 3.8) is 0 Å². The highest BCUT2D eigenvalue weighted by Crippen LogP contribution is 2.48. The Morgan fingerprint density at radius 2 is 1.83 bits per heavy atom. The van der Waals surface area contributed by atoms with Gasteiger partial charge in [-0.05, 0) is 36.8 Å². The van der Waals surface area contributed by atoms with Crippen molar-refractivity contribution in [1.29, 1.82) is 0 Å². The summed E-state index contributed by atoms with van der Waals surface area (Å²) in [5.41, 5.74) is 2.06. The van der Waals surface area contributed by atoms with Gasteiger partial charge in [0.15, 0.2) is 11.6 Å². The smallest absolute Gasteiger partial charge is 0.172 e. The molecular formula is C18H24N4O2. The van der Waals surface area contributed by atoms with Gasteiger partial charge in [-0.3, -0.25) is 0 Å². The lowest BCUT2D eigenvalue weighted by Gasteiger charge is -2.29. The number of benzene rings is 1. The first-order valence-corrected chi connectivity index (χ1v) is 8.74. The van der Waals surface area contributed by atoms with E-state index in [0.29, 0.717) is 0 Å². The highest BCUT2D eigenvalue weighted by atomic mass is 16.5. The van der Waals surface area contributed by atoms with E-state index in [2.05, 4.69) is 10.2 Å². The van der Waals surface area contributed by atoms with Crippen molar-refractivity contribution in [2.24, 2.45) is 5.41 Å². The first-order chi connectivity index (χ1) is 11.8. The predicted molar refractivity (Wildman–Crippen MR) is 94.4 cm³/mol. The summed E-state index contributed by atoms with van der Waals surface area (Å²) in [7, 11) is 0. The van der Waals surface area contributed by atoms with Gasteiger partial charge >= 0.3 is 0 Å². The Hall–Kier alpha value is -1.92. The Morgan fingerprint density at radius 3 is 2.50 bits per heavy atom. The normalized spacial score (nSPS) is 19.5. The van der Waals surface area contributed by atoms with E-state index in [4.69, 9.17) is 14.7 Å². The standard InChI is InChI=1S/C18H24N4O2/c23-10-7-18(5-6-18)13-19-16-17(22-8-11-24-12-9-22)21-15-4-2-1-3-14(15)20-16/h1-4,23H,5-13H2,(H,19,20). The van der Waals surface area contributed by atoms with Gasteiger partial charge in [-0.15, -0.1) is 0 Å². The zero-order valence-electron chi connectivity index (χ0n) is 13.9. The minimum absolute atomic E-state index is 0.240. The van der Waals surface area contributed by atoms with Crippen LogP contribution in [0.25, 0.3) is 11.0 Å². The first-order valence-electron chi connectivity index (χ1n) is 8.74. The lowest BCUT2D eigenvalue weighted by molar-refractivity contribution is 0.122. The fourth-order valence-electron chi connectivity index (χ4n) is 3.31. The molecule has 24 heavy (non-hydrogen) atoms.